The molecule has 0 bridgehead atoms. The van der Waals surface area contributed by atoms with Gasteiger partial charge in [-0.15, -0.1) is 0 Å². The first-order chi connectivity index (χ1) is 12.4. The number of hydrogen-bond acceptors (Lipinski definition) is 3. The van der Waals surface area contributed by atoms with Crippen LogP contribution >= 0.6 is 0 Å². The van der Waals surface area contributed by atoms with Gasteiger partial charge in [0.15, 0.2) is 0 Å². The summed E-state index contributed by atoms with van der Waals surface area (Å²) in [6.07, 6.45) is 2.19. The van der Waals surface area contributed by atoms with Crippen molar-refractivity contribution in [1.82, 2.24) is 9.62 Å². The number of rotatable bonds is 4. The molecule has 1 saturated carbocycles. The molecular formula is C19H19FN2O3S. The maximum Gasteiger partial charge on any atom is 0.244 e. The molecule has 1 fully saturated rings. The number of sulfonamides is 1. The molecule has 1 atom stereocenters. The Morgan fingerprint density at radius 2 is 1.69 bits per heavy atom. The van der Waals surface area contributed by atoms with E-state index < -0.39 is 21.9 Å². The molecule has 0 unspecified atom stereocenters. The van der Waals surface area contributed by atoms with Crippen LogP contribution in [0.15, 0.2) is 53.4 Å². The van der Waals surface area contributed by atoms with Gasteiger partial charge in [-0.2, -0.15) is 4.31 Å². The van der Waals surface area contributed by atoms with Crippen LogP contribution in [0.5, 0.6) is 0 Å². The average molecular weight is 374 g/mol. The number of fused-ring (bicyclic) bond motifs is 1. The van der Waals surface area contributed by atoms with Crippen molar-refractivity contribution >= 4 is 15.9 Å². The van der Waals surface area contributed by atoms with Crippen LogP contribution in [0.2, 0.25) is 0 Å². The number of carbonyl (C=O) groups is 1. The summed E-state index contributed by atoms with van der Waals surface area (Å²) in [5.74, 6) is -0.774. The van der Waals surface area contributed by atoms with E-state index >= 15 is 0 Å². The lowest BCUT2D eigenvalue weighted by atomic mass is 9.95. The Balaban J connectivity index is 1.72. The van der Waals surface area contributed by atoms with Crippen molar-refractivity contribution in [2.75, 3.05) is 0 Å². The SMILES string of the molecule is O=C(NC1CC1)[C@@H]1Cc2ccccc2CN1S(=O)(=O)c1ccc(F)cc1. The topological polar surface area (TPSA) is 66.5 Å². The van der Waals surface area contributed by atoms with E-state index in [9.17, 15) is 17.6 Å². The molecule has 1 amide bonds. The summed E-state index contributed by atoms with van der Waals surface area (Å²) in [6.45, 7) is 0.124. The van der Waals surface area contributed by atoms with Gasteiger partial charge in [-0.25, -0.2) is 12.8 Å². The van der Waals surface area contributed by atoms with Crippen molar-refractivity contribution < 1.29 is 17.6 Å². The maximum atomic E-state index is 13.2. The highest BCUT2D eigenvalue weighted by Crippen LogP contribution is 2.30. The first kappa shape index (κ1) is 17.2. The molecule has 1 heterocycles. The van der Waals surface area contributed by atoms with Crippen molar-refractivity contribution in [3.05, 3.63) is 65.5 Å². The van der Waals surface area contributed by atoms with Crippen molar-refractivity contribution in [2.45, 2.75) is 42.8 Å². The van der Waals surface area contributed by atoms with Gasteiger partial charge < -0.3 is 5.32 Å². The first-order valence-corrected chi connectivity index (χ1v) is 10.0. The third-order valence-electron chi connectivity index (χ3n) is 4.85. The number of halogens is 1. The van der Waals surface area contributed by atoms with Gasteiger partial charge in [-0.3, -0.25) is 4.79 Å². The molecule has 2 aliphatic rings. The summed E-state index contributed by atoms with van der Waals surface area (Å²) in [4.78, 5) is 12.7. The van der Waals surface area contributed by atoms with Crippen molar-refractivity contribution in [2.24, 2.45) is 0 Å². The summed E-state index contributed by atoms with van der Waals surface area (Å²) in [5.41, 5.74) is 1.86. The minimum absolute atomic E-state index is 0.0116. The predicted octanol–water partition coefficient (Wildman–Crippen LogP) is 2.22. The molecule has 2 aromatic rings. The van der Waals surface area contributed by atoms with Crippen LogP contribution < -0.4 is 5.32 Å². The smallest absolute Gasteiger partial charge is 0.244 e. The zero-order chi connectivity index (χ0) is 18.3. The summed E-state index contributed by atoms with van der Waals surface area (Å²) >= 11 is 0. The van der Waals surface area contributed by atoms with E-state index in [1.165, 1.54) is 16.4 Å². The molecule has 0 aromatic heterocycles. The fraction of sp³-hybridized carbons (Fsp3) is 0.316. The minimum atomic E-state index is -3.93. The molecule has 136 valence electrons. The van der Waals surface area contributed by atoms with Crippen LogP contribution in [0, 0.1) is 5.82 Å². The van der Waals surface area contributed by atoms with Gasteiger partial charge in [0.25, 0.3) is 0 Å². The quantitative estimate of drug-likeness (QED) is 0.892. The Kier molecular flexibility index (Phi) is 4.28. The van der Waals surface area contributed by atoms with Crippen LogP contribution in [0.25, 0.3) is 0 Å². The highest BCUT2D eigenvalue weighted by atomic mass is 32.2. The predicted molar refractivity (Wildman–Crippen MR) is 94.2 cm³/mol. The Bertz CT molecular complexity index is 940. The summed E-state index contributed by atoms with van der Waals surface area (Å²) < 4.78 is 40.7. The second-order valence-corrected chi connectivity index (χ2v) is 8.67. The molecule has 26 heavy (non-hydrogen) atoms. The molecule has 0 spiro atoms. The van der Waals surface area contributed by atoms with Crippen LogP contribution in [0.3, 0.4) is 0 Å². The summed E-state index contributed by atoms with van der Waals surface area (Å²) in [5, 5.41) is 2.91. The van der Waals surface area contributed by atoms with Crippen molar-refractivity contribution in [1.29, 1.82) is 0 Å². The molecule has 0 saturated heterocycles. The molecule has 5 nitrogen and oxygen atoms in total. The van der Waals surface area contributed by atoms with Crippen LogP contribution in [-0.2, 0) is 27.8 Å². The van der Waals surface area contributed by atoms with Gasteiger partial charge >= 0.3 is 0 Å². The lowest BCUT2D eigenvalue weighted by Crippen LogP contribution is -2.52. The van der Waals surface area contributed by atoms with Gasteiger partial charge in [-0.05, 0) is 54.7 Å². The zero-order valence-electron chi connectivity index (χ0n) is 14.1. The third kappa shape index (κ3) is 3.24. The second-order valence-electron chi connectivity index (χ2n) is 6.78. The number of nitrogens with zero attached hydrogens (tertiary/aromatic N) is 1. The van der Waals surface area contributed by atoms with Crippen LogP contribution in [0.4, 0.5) is 4.39 Å². The highest BCUT2D eigenvalue weighted by Gasteiger charge is 2.40. The molecule has 0 radical (unpaired) electrons. The molecule has 1 aliphatic carbocycles. The number of amides is 1. The molecular weight excluding hydrogens is 355 g/mol. The Hall–Kier alpha value is -2.25. The largest absolute Gasteiger partial charge is 0.352 e. The number of nitrogens with one attached hydrogen (secondary N) is 1. The minimum Gasteiger partial charge on any atom is -0.352 e. The molecule has 1 aliphatic heterocycles. The number of benzene rings is 2. The summed E-state index contributed by atoms with van der Waals surface area (Å²) in [6, 6.07) is 11.6. The molecule has 4 rings (SSSR count). The fourth-order valence-corrected chi connectivity index (χ4v) is 4.81. The number of carbonyl (C=O) groups excluding carboxylic acids is 1. The van der Waals surface area contributed by atoms with Gasteiger partial charge in [0.1, 0.15) is 11.9 Å². The third-order valence-corrected chi connectivity index (χ3v) is 6.72. The van der Waals surface area contributed by atoms with Crippen molar-refractivity contribution in [3.8, 4) is 0 Å². The van der Waals surface area contributed by atoms with Crippen molar-refractivity contribution in [3.63, 3.8) is 0 Å². The first-order valence-electron chi connectivity index (χ1n) is 8.60. The maximum absolute atomic E-state index is 13.2. The molecule has 7 heteroatoms. The second kappa shape index (κ2) is 6.48. The van der Waals surface area contributed by atoms with E-state index in [-0.39, 0.29) is 23.4 Å². The molecule has 1 N–H and O–H groups in total. The lowest BCUT2D eigenvalue weighted by Gasteiger charge is -2.35. The highest BCUT2D eigenvalue weighted by molar-refractivity contribution is 7.89. The van der Waals surface area contributed by atoms with E-state index in [0.29, 0.717) is 6.42 Å². The monoisotopic (exact) mass is 374 g/mol. The van der Waals surface area contributed by atoms with E-state index in [4.69, 9.17) is 0 Å². The van der Waals surface area contributed by atoms with Crippen LogP contribution in [0.1, 0.15) is 24.0 Å². The Morgan fingerprint density at radius 1 is 1.04 bits per heavy atom. The van der Waals surface area contributed by atoms with Gasteiger partial charge in [-0.1, -0.05) is 24.3 Å². The lowest BCUT2D eigenvalue weighted by molar-refractivity contribution is -0.125. The molecule has 2 aromatic carbocycles. The van der Waals surface area contributed by atoms with E-state index in [1.54, 1.807) is 0 Å². The van der Waals surface area contributed by atoms with E-state index in [1.807, 2.05) is 24.3 Å². The van der Waals surface area contributed by atoms with Gasteiger partial charge in [0.2, 0.25) is 15.9 Å². The van der Waals surface area contributed by atoms with Gasteiger partial charge in [0.05, 0.1) is 4.90 Å². The Labute approximate surface area is 151 Å². The average Bonchev–Trinajstić information content (AvgIpc) is 3.45. The standard InChI is InChI=1S/C19H19FN2O3S/c20-15-5-9-17(10-6-15)26(24,25)22-12-14-4-2-1-3-13(14)11-18(22)19(23)21-16-7-8-16/h1-6,9-10,16,18H,7-8,11-12H2,(H,21,23)/t18-/m0/s1. The number of hydrogen-bond donors (Lipinski definition) is 1. The van der Waals surface area contributed by atoms with E-state index in [0.717, 1.165) is 36.1 Å². The summed E-state index contributed by atoms with van der Waals surface area (Å²) in [7, 11) is -3.93. The Morgan fingerprint density at radius 3 is 2.35 bits per heavy atom. The normalized spacial score (nSPS) is 20.4. The zero-order valence-corrected chi connectivity index (χ0v) is 14.9. The van der Waals surface area contributed by atoms with Crippen LogP contribution in [-0.4, -0.2) is 30.7 Å². The fourth-order valence-electron chi connectivity index (χ4n) is 3.24. The van der Waals surface area contributed by atoms with E-state index in [2.05, 4.69) is 5.32 Å². The van der Waals surface area contributed by atoms with Gasteiger partial charge in [0, 0.05) is 12.6 Å².